The van der Waals surface area contributed by atoms with E-state index in [0.717, 1.165) is 11.8 Å². The Morgan fingerprint density at radius 2 is 2.07 bits per heavy atom. The van der Waals surface area contributed by atoms with Crippen LogP contribution < -0.4 is 5.32 Å². The van der Waals surface area contributed by atoms with E-state index in [4.69, 9.17) is 5.11 Å². The highest BCUT2D eigenvalue weighted by Gasteiger charge is 2.05. The van der Waals surface area contributed by atoms with Crippen molar-refractivity contribution in [1.82, 2.24) is 5.32 Å². The van der Waals surface area contributed by atoms with Crippen LogP contribution in [0.25, 0.3) is 0 Å². The summed E-state index contributed by atoms with van der Waals surface area (Å²) in [6, 6.07) is 0. The van der Waals surface area contributed by atoms with Crippen molar-refractivity contribution in [3.05, 3.63) is 0 Å². The number of carboxylic acid groups (broad SMARTS) is 1. The second-order valence-corrected chi connectivity index (χ2v) is 5.00. The Kier molecular flexibility index (Phi) is 7.78. The Bertz CT molecular complexity index is 199. The summed E-state index contributed by atoms with van der Waals surface area (Å²) in [6.07, 6.45) is 1.98. The van der Waals surface area contributed by atoms with Gasteiger partial charge in [-0.3, -0.25) is 9.59 Å². The first-order chi connectivity index (χ1) is 6.56. The molecule has 0 aliphatic heterocycles. The number of rotatable bonds is 7. The Morgan fingerprint density at radius 3 is 2.57 bits per heavy atom. The van der Waals surface area contributed by atoms with Crippen LogP contribution in [0.1, 0.15) is 6.92 Å². The maximum atomic E-state index is 11.1. The van der Waals surface area contributed by atoms with E-state index in [9.17, 15) is 9.59 Å². The average Bonchev–Trinajstić information content (AvgIpc) is 2.13. The first-order valence-corrected chi connectivity index (χ1v) is 6.59. The number of carbonyl (C=O) groups excluding carboxylic acids is 1. The van der Waals surface area contributed by atoms with Gasteiger partial charge >= 0.3 is 5.97 Å². The quantitative estimate of drug-likeness (QED) is 0.681. The third-order valence-electron chi connectivity index (χ3n) is 1.45. The van der Waals surface area contributed by atoms with Crippen molar-refractivity contribution in [2.45, 2.75) is 12.2 Å². The van der Waals surface area contributed by atoms with Crippen LogP contribution >= 0.6 is 23.5 Å². The summed E-state index contributed by atoms with van der Waals surface area (Å²) in [5, 5.41) is 11.5. The standard InChI is InChI=1S/C8H15NO3S2/c1-6(13-2)3-9-7(10)4-14-5-8(11)12/h6H,3-5H2,1-2H3,(H,9,10)(H,11,12). The lowest BCUT2D eigenvalue weighted by Gasteiger charge is -2.09. The first-order valence-electron chi connectivity index (χ1n) is 4.15. The molecule has 14 heavy (non-hydrogen) atoms. The fourth-order valence-electron chi connectivity index (χ4n) is 0.623. The molecule has 0 aliphatic carbocycles. The Labute approximate surface area is 92.2 Å². The molecule has 0 heterocycles. The zero-order valence-corrected chi connectivity index (χ0v) is 9.91. The molecule has 1 atom stereocenters. The highest BCUT2D eigenvalue weighted by molar-refractivity contribution is 8.00. The summed E-state index contributed by atoms with van der Waals surface area (Å²) in [6.45, 7) is 2.66. The lowest BCUT2D eigenvalue weighted by atomic mass is 10.4. The minimum atomic E-state index is -0.889. The summed E-state index contributed by atoms with van der Waals surface area (Å²) in [5.41, 5.74) is 0. The lowest BCUT2D eigenvalue weighted by Crippen LogP contribution is -2.30. The number of thioether (sulfide) groups is 2. The zero-order chi connectivity index (χ0) is 11.0. The molecule has 0 saturated heterocycles. The molecule has 1 amide bonds. The van der Waals surface area contributed by atoms with Crippen LogP contribution in [0.2, 0.25) is 0 Å². The smallest absolute Gasteiger partial charge is 0.313 e. The fourth-order valence-corrected chi connectivity index (χ4v) is 1.44. The highest BCUT2D eigenvalue weighted by atomic mass is 32.2. The molecule has 82 valence electrons. The van der Waals surface area contributed by atoms with Crippen molar-refractivity contribution in [1.29, 1.82) is 0 Å². The van der Waals surface area contributed by atoms with E-state index in [-0.39, 0.29) is 17.4 Å². The van der Waals surface area contributed by atoms with E-state index >= 15 is 0 Å². The van der Waals surface area contributed by atoms with Crippen LogP contribution in [0, 0.1) is 0 Å². The number of carboxylic acids is 1. The second-order valence-electron chi connectivity index (χ2n) is 2.74. The van der Waals surface area contributed by atoms with Gasteiger partial charge in [0.05, 0.1) is 11.5 Å². The van der Waals surface area contributed by atoms with Gasteiger partial charge in [0.1, 0.15) is 0 Å². The van der Waals surface area contributed by atoms with Gasteiger partial charge in [-0.1, -0.05) is 6.92 Å². The number of hydrogen-bond donors (Lipinski definition) is 2. The SMILES string of the molecule is CSC(C)CNC(=O)CSCC(=O)O. The van der Waals surface area contributed by atoms with Gasteiger partial charge in [-0.05, 0) is 6.26 Å². The fraction of sp³-hybridized carbons (Fsp3) is 0.750. The molecule has 4 nitrogen and oxygen atoms in total. The molecule has 0 fully saturated rings. The van der Waals surface area contributed by atoms with E-state index in [0.29, 0.717) is 11.8 Å². The van der Waals surface area contributed by atoms with E-state index < -0.39 is 5.97 Å². The normalized spacial score (nSPS) is 12.1. The summed E-state index contributed by atoms with van der Waals surface area (Å²) >= 11 is 2.79. The van der Waals surface area contributed by atoms with Gasteiger partial charge in [-0.2, -0.15) is 11.8 Å². The van der Waals surface area contributed by atoms with Gasteiger partial charge in [0.2, 0.25) is 5.91 Å². The second kappa shape index (κ2) is 7.99. The van der Waals surface area contributed by atoms with Gasteiger partial charge in [0.25, 0.3) is 0 Å². The van der Waals surface area contributed by atoms with Crippen molar-refractivity contribution in [2.75, 3.05) is 24.3 Å². The zero-order valence-electron chi connectivity index (χ0n) is 8.28. The molecule has 1 unspecified atom stereocenters. The molecule has 0 aromatic heterocycles. The van der Waals surface area contributed by atoms with Crippen LogP contribution in [0.15, 0.2) is 0 Å². The monoisotopic (exact) mass is 237 g/mol. The Morgan fingerprint density at radius 1 is 1.43 bits per heavy atom. The molecular formula is C8H15NO3S2. The van der Waals surface area contributed by atoms with Gasteiger partial charge in [0.15, 0.2) is 0 Å². The van der Waals surface area contributed by atoms with Crippen LogP contribution in [0.3, 0.4) is 0 Å². The van der Waals surface area contributed by atoms with Crippen molar-refractivity contribution in [3.8, 4) is 0 Å². The van der Waals surface area contributed by atoms with Crippen molar-refractivity contribution in [3.63, 3.8) is 0 Å². The van der Waals surface area contributed by atoms with E-state index in [1.165, 1.54) is 0 Å². The lowest BCUT2D eigenvalue weighted by molar-refractivity contribution is -0.133. The summed E-state index contributed by atoms with van der Waals surface area (Å²) in [7, 11) is 0. The van der Waals surface area contributed by atoms with Gasteiger partial charge < -0.3 is 10.4 Å². The number of hydrogen-bond acceptors (Lipinski definition) is 4. The summed E-state index contributed by atoms with van der Waals surface area (Å²) < 4.78 is 0. The molecule has 6 heteroatoms. The number of amides is 1. The molecule has 0 bridgehead atoms. The van der Waals surface area contributed by atoms with Crippen molar-refractivity contribution < 1.29 is 14.7 Å². The predicted molar refractivity (Wildman–Crippen MR) is 60.9 cm³/mol. The van der Waals surface area contributed by atoms with Crippen LogP contribution in [-0.2, 0) is 9.59 Å². The topological polar surface area (TPSA) is 66.4 Å². The minimum absolute atomic E-state index is 0.0223. The molecule has 0 aromatic carbocycles. The number of nitrogens with one attached hydrogen (secondary N) is 1. The van der Waals surface area contributed by atoms with E-state index in [2.05, 4.69) is 5.32 Å². The first kappa shape index (κ1) is 13.6. The molecule has 0 spiro atoms. The highest BCUT2D eigenvalue weighted by Crippen LogP contribution is 2.03. The molecule has 0 aromatic rings. The molecule has 0 aliphatic rings. The number of carbonyl (C=O) groups is 2. The largest absolute Gasteiger partial charge is 0.481 e. The maximum absolute atomic E-state index is 11.1. The summed E-state index contributed by atoms with van der Waals surface area (Å²) in [5.74, 6) is -0.795. The molecule has 0 rings (SSSR count). The van der Waals surface area contributed by atoms with Gasteiger partial charge in [-0.15, -0.1) is 11.8 Å². The maximum Gasteiger partial charge on any atom is 0.313 e. The van der Waals surface area contributed by atoms with E-state index in [1.54, 1.807) is 11.8 Å². The average molecular weight is 237 g/mol. The summed E-state index contributed by atoms with van der Waals surface area (Å²) in [4.78, 5) is 21.2. The van der Waals surface area contributed by atoms with Crippen molar-refractivity contribution >= 4 is 35.4 Å². The third-order valence-corrected chi connectivity index (χ3v) is 3.34. The molecule has 0 saturated carbocycles. The molecular weight excluding hydrogens is 222 g/mol. The Balaban J connectivity index is 3.41. The molecule has 0 radical (unpaired) electrons. The molecule has 2 N–H and O–H groups in total. The van der Waals surface area contributed by atoms with E-state index in [1.807, 2.05) is 13.2 Å². The van der Waals surface area contributed by atoms with Gasteiger partial charge in [0, 0.05) is 11.8 Å². The van der Waals surface area contributed by atoms with Crippen LogP contribution in [-0.4, -0.2) is 46.5 Å². The minimum Gasteiger partial charge on any atom is -0.481 e. The predicted octanol–water partition coefficient (Wildman–Crippen LogP) is 0.672. The van der Waals surface area contributed by atoms with Crippen LogP contribution in [0.4, 0.5) is 0 Å². The Hall–Kier alpha value is -0.360. The van der Waals surface area contributed by atoms with Crippen LogP contribution in [0.5, 0.6) is 0 Å². The van der Waals surface area contributed by atoms with Gasteiger partial charge in [-0.25, -0.2) is 0 Å². The van der Waals surface area contributed by atoms with Crippen molar-refractivity contribution in [2.24, 2.45) is 0 Å². The number of aliphatic carboxylic acids is 1. The third kappa shape index (κ3) is 8.25.